The van der Waals surface area contributed by atoms with Crippen LogP contribution >= 0.6 is 0 Å². The van der Waals surface area contributed by atoms with Gasteiger partial charge in [0.05, 0.1) is 6.04 Å². The highest BCUT2D eigenvalue weighted by Gasteiger charge is 2.28. The molecule has 0 heterocycles. The summed E-state index contributed by atoms with van der Waals surface area (Å²) in [7, 11) is 0. The molecule has 0 spiro atoms. The second-order valence-electron chi connectivity index (χ2n) is 5.83. The lowest BCUT2D eigenvalue weighted by atomic mass is 9.88. The van der Waals surface area contributed by atoms with Crippen molar-refractivity contribution in [1.29, 1.82) is 0 Å². The molecule has 0 rings (SSSR count). The highest BCUT2D eigenvalue weighted by atomic mass is 16.6. The molecule has 0 saturated heterocycles. The van der Waals surface area contributed by atoms with Gasteiger partial charge < -0.3 is 10.1 Å². The normalized spacial score (nSPS) is 14.8. The minimum Gasteiger partial charge on any atom is -0.444 e. The fourth-order valence-corrected chi connectivity index (χ4v) is 1.41. The zero-order valence-electron chi connectivity index (χ0n) is 12.2. The van der Waals surface area contributed by atoms with Crippen LogP contribution in [-0.2, 0) is 9.53 Å². The molecule has 2 atom stereocenters. The molecular weight excluding hydrogens is 230 g/mol. The summed E-state index contributed by atoms with van der Waals surface area (Å²) in [6.07, 6.45) is 0.663. The molecule has 4 nitrogen and oxygen atoms in total. The van der Waals surface area contributed by atoms with E-state index < -0.39 is 17.7 Å². The molecule has 4 heteroatoms. The van der Waals surface area contributed by atoms with Crippen molar-refractivity contribution >= 4 is 11.9 Å². The van der Waals surface area contributed by atoms with Crippen LogP contribution in [0.5, 0.6) is 0 Å². The van der Waals surface area contributed by atoms with E-state index in [0.717, 1.165) is 0 Å². The maximum absolute atomic E-state index is 11.8. The zero-order valence-corrected chi connectivity index (χ0v) is 12.2. The van der Waals surface area contributed by atoms with Crippen molar-refractivity contribution in [1.82, 2.24) is 5.32 Å². The average Bonchev–Trinajstić information content (AvgIpc) is 2.21. The van der Waals surface area contributed by atoms with E-state index in [2.05, 4.69) is 11.9 Å². The Balaban J connectivity index is 4.76. The lowest BCUT2D eigenvalue weighted by Gasteiger charge is -2.27. The van der Waals surface area contributed by atoms with E-state index in [1.807, 2.05) is 20.8 Å². The highest BCUT2D eigenvalue weighted by Crippen LogP contribution is 2.16. The number of rotatable bonds is 5. The smallest absolute Gasteiger partial charge is 0.408 e. The monoisotopic (exact) mass is 255 g/mol. The summed E-state index contributed by atoms with van der Waals surface area (Å²) >= 11 is 0. The van der Waals surface area contributed by atoms with Gasteiger partial charge in [0.15, 0.2) is 5.78 Å². The summed E-state index contributed by atoms with van der Waals surface area (Å²) in [5.74, 6) is 0.0962. The van der Waals surface area contributed by atoms with E-state index in [1.54, 1.807) is 20.8 Å². The molecule has 0 aliphatic carbocycles. The molecule has 0 aliphatic rings. The van der Waals surface area contributed by atoms with E-state index in [9.17, 15) is 9.59 Å². The SMILES string of the molecule is C=CC(=O)[C@H](NC(=O)OC(C)(C)C)C(C)C(C)C. The van der Waals surface area contributed by atoms with Gasteiger partial charge in [0.25, 0.3) is 0 Å². The standard InChI is InChI=1S/C14H25NO3/c1-8-11(16)12(10(4)9(2)3)15-13(17)18-14(5,6)7/h8-10,12H,1H2,2-7H3,(H,15,17)/t10?,12-/m1/s1. The summed E-state index contributed by atoms with van der Waals surface area (Å²) in [5.41, 5.74) is -0.576. The molecular formula is C14H25NO3. The molecule has 0 bridgehead atoms. The van der Waals surface area contributed by atoms with Crippen molar-refractivity contribution in [3.05, 3.63) is 12.7 Å². The van der Waals surface area contributed by atoms with Gasteiger partial charge in [0.2, 0.25) is 0 Å². The Morgan fingerprint density at radius 3 is 2.06 bits per heavy atom. The van der Waals surface area contributed by atoms with Gasteiger partial charge in [-0.1, -0.05) is 27.4 Å². The Bertz CT molecular complexity index is 315. The van der Waals surface area contributed by atoms with E-state index in [0.29, 0.717) is 0 Å². The molecule has 0 aromatic carbocycles. The number of ketones is 1. The van der Waals surface area contributed by atoms with Crippen LogP contribution in [0.2, 0.25) is 0 Å². The van der Waals surface area contributed by atoms with Gasteiger partial charge in [-0.15, -0.1) is 0 Å². The topological polar surface area (TPSA) is 55.4 Å². The van der Waals surface area contributed by atoms with Crippen molar-refractivity contribution in [3.8, 4) is 0 Å². The first-order chi connectivity index (χ1) is 8.08. The van der Waals surface area contributed by atoms with Gasteiger partial charge in [-0.2, -0.15) is 0 Å². The maximum Gasteiger partial charge on any atom is 0.408 e. The van der Waals surface area contributed by atoms with Crippen molar-refractivity contribution in [2.75, 3.05) is 0 Å². The molecule has 0 saturated carbocycles. The fourth-order valence-electron chi connectivity index (χ4n) is 1.41. The second-order valence-corrected chi connectivity index (χ2v) is 5.83. The van der Waals surface area contributed by atoms with Crippen LogP contribution in [0.4, 0.5) is 4.79 Å². The third-order valence-electron chi connectivity index (χ3n) is 2.76. The van der Waals surface area contributed by atoms with Gasteiger partial charge in [-0.25, -0.2) is 4.79 Å². The van der Waals surface area contributed by atoms with Crippen molar-refractivity contribution < 1.29 is 14.3 Å². The van der Waals surface area contributed by atoms with Gasteiger partial charge >= 0.3 is 6.09 Å². The quantitative estimate of drug-likeness (QED) is 0.768. The lowest BCUT2D eigenvalue weighted by Crippen LogP contribution is -2.47. The average molecular weight is 255 g/mol. The Labute approximate surface area is 110 Å². The van der Waals surface area contributed by atoms with Crippen LogP contribution in [0.25, 0.3) is 0 Å². The molecule has 104 valence electrons. The summed E-state index contributed by atoms with van der Waals surface area (Å²) in [6.45, 7) is 14.7. The summed E-state index contributed by atoms with van der Waals surface area (Å²) in [5, 5.41) is 2.62. The van der Waals surface area contributed by atoms with Crippen LogP contribution in [0, 0.1) is 11.8 Å². The van der Waals surface area contributed by atoms with E-state index in [4.69, 9.17) is 4.74 Å². The Morgan fingerprint density at radius 1 is 1.22 bits per heavy atom. The highest BCUT2D eigenvalue weighted by molar-refractivity contribution is 5.96. The molecule has 0 fully saturated rings. The number of ether oxygens (including phenoxy) is 1. The predicted octanol–water partition coefficient (Wildman–Crippen LogP) is 2.93. The van der Waals surface area contributed by atoms with Crippen LogP contribution in [0.15, 0.2) is 12.7 Å². The molecule has 0 aromatic rings. The first-order valence-corrected chi connectivity index (χ1v) is 6.24. The maximum atomic E-state index is 11.8. The van der Waals surface area contributed by atoms with Gasteiger partial charge in [0.1, 0.15) is 5.60 Å². The third kappa shape index (κ3) is 5.84. The first kappa shape index (κ1) is 16.7. The van der Waals surface area contributed by atoms with E-state index >= 15 is 0 Å². The molecule has 18 heavy (non-hydrogen) atoms. The van der Waals surface area contributed by atoms with Crippen molar-refractivity contribution in [3.63, 3.8) is 0 Å². The summed E-state index contributed by atoms with van der Waals surface area (Å²) < 4.78 is 5.16. The Kier molecular flexibility index (Phi) is 6.09. The number of alkyl carbamates (subject to hydrolysis) is 1. The third-order valence-corrected chi connectivity index (χ3v) is 2.76. The van der Waals surface area contributed by atoms with E-state index in [1.165, 1.54) is 6.08 Å². The minimum atomic E-state index is -0.586. The second kappa shape index (κ2) is 6.57. The number of carbonyl (C=O) groups is 2. The van der Waals surface area contributed by atoms with Crippen LogP contribution < -0.4 is 5.32 Å². The predicted molar refractivity (Wildman–Crippen MR) is 72.4 cm³/mol. The molecule has 0 aromatic heterocycles. The van der Waals surface area contributed by atoms with Gasteiger partial charge in [-0.3, -0.25) is 4.79 Å². The lowest BCUT2D eigenvalue weighted by molar-refractivity contribution is -0.118. The molecule has 1 unspecified atom stereocenters. The van der Waals surface area contributed by atoms with Crippen LogP contribution in [-0.4, -0.2) is 23.5 Å². The van der Waals surface area contributed by atoms with E-state index in [-0.39, 0.29) is 17.6 Å². The van der Waals surface area contributed by atoms with Gasteiger partial charge in [-0.05, 0) is 38.7 Å². The Morgan fingerprint density at radius 2 is 1.72 bits per heavy atom. The van der Waals surface area contributed by atoms with Crippen molar-refractivity contribution in [2.45, 2.75) is 53.2 Å². The number of nitrogens with one attached hydrogen (secondary N) is 1. The Hall–Kier alpha value is -1.32. The van der Waals surface area contributed by atoms with Crippen LogP contribution in [0.3, 0.4) is 0 Å². The first-order valence-electron chi connectivity index (χ1n) is 6.24. The largest absolute Gasteiger partial charge is 0.444 e. The van der Waals surface area contributed by atoms with Crippen LogP contribution in [0.1, 0.15) is 41.5 Å². The molecule has 1 N–H and O–H groups in total. The molecule has 1 amide bonds. The van der Waals surface area contributed by atoms with Gasteiger partial charge in [0, 0.05) is 0 Å². The zero-order chi connectivity index (χ0) is 14.5. The summed E-state index contributed by atoms with van der Waals surface area (Å²) in [6, 6.07) is -0.586. The van der Waals surface area contributed by atoms with Crippen molar-refractivity contribution in [2.24, 2.45) is 11.8 Å². The minimum absolute atomic E-state index is 0.0167. The number of amides is 1. The molecule has 0 aliphatic heterocycles. The number of hydrogen-bond donors (Lipinski definition) is 1. The summed E-state index contributed by atoms with van der Waals surface area (Å²) in [4.78, 5) is 23.5. The number of carbonyl (C=O) groups excluding carboxylic acids is 2. The molecule has 0 radical (unpaired) electrons. The number of hydrogen-bond acceptors (Lipinski definition) is 3. The fraction of sp³-hybridized carbons (Fsp3) is 0.714.